The van der Waals surface area contributed by atoms with Gasteiger partial charge in [-0.15, -0.1) is 0 Å². The van der Waals surface area contributed by atoms with Gasteiger partial charge in [0.2, 0.25) is 11.3 Å². The van der Waals surface area contributed by atoms with Crippen molar-refractivity contribution in [2.45, 2.75) is 50.5 Å². The molecular weight excluding hydrogens is 823 g/mol. The third-order valence-electron chi connectivity index (χ3n) is 12.8. The number of amides is 2. The number of unbranched alkanes of at least 4 members (excludes halogenated alkanes) is 1. The highest BCUT2D eigenvalue weighted by Crippen LogP contribution is 2.36. The lowest BCUT2D eigenvalue weighted by atomic mass is 9.83. The van der Waals surface area contributed by atoms with Crippen molar-refractivity contribution in [3.63, 3.8) is 0 Å². The molecule has 3 saturated heterocycles. The maximum atomic E-state index is 13.7. The standard InChI is InChI=1S/C52H55N5O8/c58-44-22-20-42(43-21-23-48(61)55-50(43)44)45(59)31-53-26-7-8-27-54-51(62)39-18-16-35(17-19-39)34-64-41-15-9-14-40(30-41)49(38-12-5-2-6-13-38)56-52(63)65-47-33-57(28-24-37(47)25-29-57)32-46(60)36-10-3-1-4-11-36/h1-6,9-23,30,37,45,47,49,53,59H,7-8,24-29,31-34H2,(H3-,54,55,56,58,61,62,63)/p+1/t37?,45-,47-,49?,57?/m0/s1. The smallest absolute Gasteiger partial charge is 0.408 e. The number of benzene rings is 5. The van der Waals surface area contributed by atoms with Gasteiger partial charge >= 0.3 is 6.09 Å². The molecule has 65 heavy (non-hydrogen) atoms. The number of alkyl carbamates (subject to hydrolysis) is 1. The van der Waals surface area contributed by atoms with E-state index >= 15 is 0 Å². The molecule has 1 aromatic heterocycles. The lowest BCUT2D eigenvalue weighted by Crippen LogP contribution is -2.66. The van der Waals surface area contributed by atoms with E-state index in [9.17, 15) is 29.4 Å². The number of phenolic OH excluding ortho intramolecular Hbond substituents is 1. The van der Waals surface area contributed by atoms with Crippen LogP contribution >= 0.6 is 0 Å². The summed E-state index contributed by atoms with van der Waals surface area (Å²) in [5.74, 6) is 0.796. The Morgan fingerprint density at radius 2 is 1.51 bits per heavy atom. The maximum Gasteiger partial charge on any atom is 0.408 e. The summed E-state index contributed by atoms with van der Waals surface area (Å²) in [5.41, 5.74) is 4.44. The molecule has 1 unspecified atom stereocenters. The molecule has 0 saturated carbocycles. The summed E-state index contributed by atoms with van der Waals surface area (Å²) >= 11 is 0. The number of aliphatic hydroxyl groups excluding tert-OH is 1. The van der Waals surface area contributed by atoms with E-state index in [1.54, 1.807) is 24.3 Å². The van der Waals surface area contributed by atoms with Gasteiger partial charge in [0.1, 0.15) is 31.2 Å². The van der Waals surface area contributed by atoms with E-state index < -0.39 is 18.2 Å². The number of aliphatic hydroxyl groups is 1. The van der Waals surface area contributed by atoms with Crippen molar-refractivity contribution in [2.75, 3.05) is 45.8 Å². The van der Waals surface area contributed by atoms with Crippen LogP contribution in [0, 0.1) is 5.92 Å². The summed E-state index contributed by atoms with van der Waals surface area (Å²) in [6.07, 6.45) is 1.75. The van der Waals surface area contributed by atoms with Crippen molar-refractivity contribution < 1.29 is 38.6 Å². The molecule has 13 heteroatoms. The van der Waals surface area contributed by atoms with E-state index in [1.807, 2.05) is 97.1 Å². The summed E-state index contributed by atoms with van der Waals surface area (Å²) in [4.78, 5) is 54.1. The van der Waals surface area contributed by atoms with Crippen molar-refractivity contribution in [3.8, 4) is 11.5 Å². The van der Waals surface area contributed by atoms with E-state index in [2.05, 4.69) is 20.9 Å². The lowest BCUT2D eigenvalue weighted by molar-refractivity contribution is -0.938. The first-order valence-corrected chi connectivity index (χ1v) is 22.4. The molecule has 13 nitrogen and oxygen atoms in total. The van der Waals surface area contributed by atoms with Gasteiger partial charge in [-0.25, -0.2) is 4.79 Å². The van der Waals surface area contributed by atoms with Crippen LogP contribution < -0.4 is 26.2 Å². The number of quaternary nitrogens is 1. The number of hydrogen-bond donors (Lipinski definition) is 6. The van der Waals surface area contributed by atoms with Crippen LogP contribution in [0.15, 0.2) is 138 Å². The Bertz CT molecular complexity index is 2630. The van der Waals surface area contributed by atoms with Crippen molar-refractivity contribution in [1.82, 2.24) is 20.9 Å². The molecule has 336 valence electrons. The molecule has 2 bridgehead atoms. The maximum absolute atomic E-state index is 13.7. The first-order valence-electron chi connectivity index (χ1n) is 22.4. The highest BCUT2D eigenvalue weighted by molar-refractivity contribution is 5.97. The highest BCUT2D eigenvalue weighted by Gasteiger charge is 2.48. The first-order chi connectivity index (χ1) is 31.6. The average Bonchev–Trinajstić information content (AvgIpc) is 3.33. The zero-order valence-corrected chi connectivity index (χ0v) is 36.3. The van der Waals surface area contributed by atoms with Gasteiger partial charge in [0, 0.05) is 54.4 Å². The van der Waals surface area contributed by atoms with Gasteiger partial charge in [0.05, 0.1) is 30.8 Å². The molecule has 0 spiro atoms. The summed E-state index contributed by atoms with van der Waals surface area (Å²) in [5, 5.41) is 30.8. The third-order valence-corrected chi connectivity index (χ3v) is 12.8. The van der Waals surface area contributed by atoms with Crippen molar-refractivity contribution in [3.05, 3.63) is 177 Å². The summed E-state index contributed by atoms with van der Waals surface area (Å²) in [7, 11) is 0. The minimum absolute atomic E-state index is 0.0532. The first kappa shape index (κ1) is 44.8. The number of ketones is 1. The summed E-state index contributed by atoms with van der Waals surface area (Å²) in [6, 6.07) is 39.7. The van der Waals surface area contributed by atoms with E-state index in [-0.39, 0.29) is 48.2 Å². The normalized spacial score (nSPS) is 18.7. The number of piperidine rings is 3. The van der Waals surface area contributed by atoms with Gasteiger partial charge in [-0.05, 0) is 78.0 Å². The fraction of sp³-hybridized carbons (Fsp3) is 0.308. The summed E-state index contributed by atoms with van der Waals surface area (Å²) < 4.78 is 13.0. The van der Waals surface area contributed by atoms with Gasteiger partial charge < -0.3 is 45.1 Å². The van der Waals surface area contributed by atoms with Gasteiger partial charge in [0.25, 0.3) is 5.91 Å². The SMILES string of the molecule is O=C(NC(c1ccccc1)c1cccc(OCc2ccc(C(=O)NCCCCNC[C@H](O)c3ccc(O)c4[nH]c(=O)ccc34)cc2)c1)O[C@H]1C[N+]2(CC(=O)c3ccccc3)CCC1CC2. The number of aromatic amines is 1. The number of rotatable bonds is 19. The molecule has 3 aliphatic heterocycles. The Morgan fingerprint density at radius 3 is 2.28 bits per heavy atom. The number of ether oxygens (including phenoxy) is 2. The molecular formula is C52H56N5O8+. The van der Waals surface area contributed by atoms with Crippen molar-refractivity contribution in [2.24, 2.45) is 5.92 Å². The average molecular weight is 879 g/mol. The summed E-state index contributed by atoms with van der Waals surface area (Å²) in [6.45, 7) is 4.55. The number of pyridine rings is 1. The molecule has 9 rings (SSSR count). The molecule has 2 amide bonds. The fourth-order valence-corrected chi connectivity index (χ4v) is 9.17. The number of nitrogens with one attached hydrogen (secondary N) is 4. The van der Waals surface area contributed by atoms with E-state index in [1.165, 1.54) is 12.1 Å². The number of phenols is 1. The zero-order valence-electron chi connectivity index (χ0n) is 36.3. The number of fused-ring (bicyclic) bond motifs is 4. The van der Waals surface area contributed by atoms with E-state index in [0.717, 1.165) is 55.5 Å². The third kappa shape index (κ3) is 11.3. The zero-order chi connectivity index (χ0) is 45.2. The van der Waals surface area contributed by atoms with Crippen LogP contribution in [0.4, 0.5) is 4.79 Å². The minimum atomic E-state index is -0.837. The number of nitrogens with zero attached hydrogens (tertiary/aromatic N) is 1. The number of H-pyrrole nitrogens is 1. The molecule has 6 aromatic rings. The number of hydrogen-bond acceptors (Lipinski definition) is 9. The molecule has 3 aliphatic rings. The number of Topliss-reactive ketones (excluding diaryl/α,β-unsaturated/α-hetero) is 1. The number of aromatic hydroxyl groups is 1. The second-order valence-electron chi connectivity index (χ2n) is 17.2. The Morgan fingerprint density at radius 1 is 0.785 bits per heavy atom. The number of aromatic nitrogens is 1. The molecule has 5 aromatic carbocycles. The molecule has 3 fully saturated rings. The van der Waals surface area contributed by atoms with Gasteiger partial charge in [-0.1, -0.05) is 91.0 Å². The molecule has 4 heterocycles. The van der Waals surface area contributed by atoms with Crippen LogP contribution in [0.25, 0.3) is 10.9 Å². The number of carbonyl (C=O) groups is 3. The van der Waals surface area contributed by atoms with Crippen LogP contribution in [-0.4, -0.2) is 89.4 Å². The van der Waals surface area contributed by atoms with Crippen LogP contribution in [0.5, 0.6) is 11.5 Å². The minimum Gasteiger partial charge on any atom is -0.506 e. The predicted molar refractivity (Wildman–Crippen MR) is 248 cm³/mol. The Balaban J connectivity index is 0.790. The Kier molecular flexibility index (Phi) is 14.3. The second-order valence-corrected chi connectivity index (χ2v) is 17.2. The Labute approximate surface area is 378 Å². The largest absolute Gasteiger partial charge is 0.506 e. The molecule has 6 N–H and O–H groups in total. The van der Waals surface area contributed by atoms with Crippen LogP contribution in [-0.2, 0) is 11.3 Å². The number of carbonyl (C=O) groups excluding carboxylic acids is 3. The predicted octanol–water partition coefficient (Wildman–Crippen LogP) is 6.95. The van der Waals surface area contributed by atoms with Crippen LogP contribution in [0.1, 0.15) is 80.8 Å². The van der Waals surface area contributed by atoms with Crippen molar-refractivity contribution in [1.29, 1.82) is 0 Å². The molecule has 3 atom stereocenters. The van der Waals surface area contributed by atoms with E-state index in [4.69, 9.17) is 9.47 Å². The fourth-order valence-electron chi connectivity index (χ4n) is 9.17. The van der Waals surface area contributed by atoms with Crippen LogP contribution in [0.3, 0.4) is 0 Å². The van der Waals surface area contributed by atoms with Gasteiger partial charge in [-0.2, -0.15) is 0 Å². The van der Waals surface area contributed by atoms with Gasteiger partial charge in [-0.3, -0.25) is 14.4 Å². The van der Waals surface area contributed by atoms with Crippen molar-refractivity contribution >= 4 is 28.7 Å². The lowest BCUT2D eigenvalue weighted by Gasteiger charge is -2.51. The van der Waals surface area contributed by atoms with Crippen LogP contribution in [0.2, 0.25) is 0 Å². The Hall–Kier alpha value is -6.80. The monoisotopic (exact) mass is 878 g/mol. The molecule has 0 radical (unpaired) electrons. The highest BCUT2D eigenvalue weighted by atomic mass is 16.6. The quantitative estimate of drug-likeness (QED) is 0.0285. The molecule has 0 aliphatic carbocycles. The van der Waals surface area contributed by atoms with Gasteiger partial charge in [0.15, 0.2) is 6.10 Å². The van der Waals surface area contributed by atoms with E-state index in [0.29, 0.717) is 64.0 Å². The second kappa shape index (κ2) is 20.8. The topological polar surface area (TPSA) is 179 Å².